The molecule has 2 heterocycles. The first-order valence-corrected chi connectivity index (χ1v) is 7.12. The van der Waals surface area contributed by atoms with Gasteiger partial charge in [-0.15, -0.1) is 11.3 Å². The number of rotatable bonds is 4. The Kier molecular flexibility index (Phi) is 4.23. The number of alkyl halides is 3. The van der Waals surface area contributed by atoms with Gasteiger partial charge >= 0.3 is 12.1 Å². The van der Waals surface area contributed by atoms with E-state index in [2.05, 4.69) is 14.7 Å². The first-order chi connectivity index (χ1) is 10.2. The SMILES string of the molecule is CCOC(=O)[C@@H]1C(=O)[C@@](Nc2nccs2)(C(F)(F)F)N=C1C. The Labute approximate surface area is 127 Å². The van der Waals surface area contributed by atoms with Crippen molar-refractivity contribution >= 4 is 33.9 Å². The predicted molar refractivity (Wildman–Crippen MR) is 72.8 cm³/mol. The number of aliphatic imine (C=N–C) groups is 1. The van der Waals surface area contributed by atoms with Crippen molar-refractivity contribution in [3.8, 4) is 0 Å². The smallest absolute Gasteiger partial charge is 0.439 e. The van der Waals surface area contributed by atoms with Crippen LogP contribution >= 0.6 is 11.3 Å². The highest BCUT2D eigenvalue weighted by atomic mass is 32.1. The standard InChI is InChI=1S/C12H12F3N3O3S/c1-3-21-9(20)7-6(2)17-11(8(7)19,12(13,14)15)18-10-16-4-5-22-10/h4-5,7H,3H2,1-2H3,(H,16,18)/t7-,11+/m0/s1. The lowest BCUT2D eigenvalue weighted by Gasteiger charge is -2.28. The molecular weight excluding hydrogens is 323 g/mol. The summed E-state index contributed by atoms with van der Waals surface area (Å²) in [5.74, 6) is -4.12. The second kappa shape index (κ2) is 5.67. The van der Waals surface area contributed by atoms with Gasteiger partial charge in [0.2, 0.25) is 5.78 Å². The van der Waals surface area contributed by atoms with Gasteiger partial charge < -0.3 is 10.1 Å². The monoisotopic (exact) mass is 335 g/mol. The Balaban J connectivity index is 2.43. The zero-order valence-electron chi connectivity index (χ0n) is 11.6. The lowest BCUT2D eigenvalue weighted by molar-refractivity contribution is -0.183. The summed E-state index contributed by atoms with van der Waals surface area (Å²) >= 11 is 0.888. The highest BCUT2D eigenvalue weighted by Crippen LogP contribution is 2.42. The third-order valence-corrected chi connectivity index (χ3v) is 3.72. The average molecular weight is 335 g/mol. The van der Waals surface area contributed by atoms with Crippen molar-refractivity contribution in [3.05, 3.63) is 11.6 Å². The number of aromatic nitrogens is 1. The molecule has 1 aliphatic rings. The lowest BCUT2D eigenvalue weighted by atomic mass is 9.94. The van der Waals surface area contributed by atoms with Crippen LogP contribution in [0.15, 0.2) is 16.6 Å². The van der Waals surface area contributed by atoms with Gasteiger partial charge in [-0.05, 0) is 13.8 Å². The minimum atomic E-state index is -5.03. The zero-order valence-corrected chi connectivity index (χ0v) is 12.4. The van der Waals surface area contributed by atoms with E-state index in [-0.39, 0.29) is 17.5 Å². The topological polar surface area (TPSA) is 80.7 Å². The Bertz CT molecular complexity index is 615. The van der Waals surface area contributed by atoms with Crippen molar-refractivity contribution in [2.75, 3.05) is 11.9 Å². The number of carbonyl (C=O) groups excluding carboxylic acids is 2. The number of thiazole rings is 1. The number of esters is 1. The van der Waals surface area contributed by atoms with Gasteiger partial charge in [0.15, 0.2) is 11.0 Å². The number of carbonyl (C=O) groups is 2. The molecule has 1 aliphatic heterocycles. The lowest BCUT2D eigenvalue weighted by Crippen LogP contribution is -2.56. The summed E-state index contributed by atoms with van der Waals surface area (Å²) in [6.45, 7) is 2.64. The number of hydrogen-bond donors (Lipinski definition) is 1. The van der Waals surface area contributed by atoms with Crippen LogP contribution in [0, 0.1) is 5.92 Å². The molecule has 0 bridgehead atoms. The van der Waals surface area contributed by atoms with Crippen molar-refractivity contribution < 1.29 is 27.5 Å². The van der Waals surface area contributed by atoms with Crippen molar-refractivity contribution in [1.82, 2.24) is 4.98 Å². The van der Waals surface area contributed by atoms with Gasteiger partial charge in [-0.3, -0.25) is 9.59 Å². The molecule has 6 nitrogen and oxygen atoms in total. The van der Waals surface area contributed by atoms with E-state index in [4.69, 9.17) is 0 Å². The fraction of sp³-hybridized carbons (Fsp3) is 0.500. The number of nitrogens with zero attached hydrogens (tertiary/aromatic N) is 2. The molecule has 1 aromatic rings. The molecule has 2 rings (SSSR count). The molecule has 120 valence electrons. The summed E-state index contributed by atoms with van der Waals surface area (Å²) < 4.78 is 45.1. The highest BCUT2D eigenvalue weighted by Gasteiger charge is 2.67. The van der Waals surface area contributed by atoms with Gasteiger partial charge in [-0.25, -0.2) is 9.98 Å². The molecule has 1 N–H and O–H groups in total. The summed E-state index contributed by atoms with van der Waals surface area (Å²) in [5, 5.41) is 3.35. The molecular formula is C12H12F3N3O3S. The fourth-order valence-electron chi connectivity index (χ4n) is 2.09. The number of halogens is 3. The largest absolute Gasteiger partial charge is 0.465 e. The van der Waals surface area contributed by atoms with Crippen molar-refractivity contribution in [2.45, 2.75) is 25.7 Å². The minimum Gasteiger partial charge on any atom is -0.465 e. The van der Waals surface area contributed by atoms with Crippen LogP contribution in [0.1, 0.15) is 13.8 Å². The van der Waals surface area contributed by atoms with Gasteiger partial charge in [0.25, 0.3) is 5.66 Å². The predicted octanol–water partition coefficient (Wildman–Crippen LogP) is 2.04. The average Bonchev–Trinajstić information content (AvgIpc) is 2.97. The first-order valence-electron chi connectivity index (χ1n) is 6.24. The molecule has 10 heteroatoms. The van der Waals surface area contributed by atoms with Crippen LogP contribution < -0.4 is 5.32 Å². The third-order valence-electron chi connectivity index (χ3n) is 3.03. The summed E-state index contributed by atoms with van der Waals surface area (Å²) in [5.41, 5.74) is -3.46. The summed E-state index contributed by atoms with van der Waals surface area (Å²) in [6, 6.07) is 0. The van der Waals surface area contributed by atoms with Gasteiger partial charge in [0.1, 0.15) is 0 Å². The molecule has 0 saturated carbocycles. The molecule has 0 radical (unpaired) electrons. The van der Waals surface area contributed by atoms with E-state index in [1.54, 1.807) is 0 Å². The van der Waals surface area contributed by atoms with Crippen molar-refractivity contribution in [1.29, 1.82) is 0 Å². The Morgan fingerprint density at radius 3 is 2.73 bits per heavy atom. The van der Waals surface area contributed by atoms with E-state index >= 15 is 0 Å². The Morgan fingerprint density at radius 1 is 1.55 bits per heavy atom. The highest BCUT2D eigenvalue weighted by molar-refractivity contribution is 7.13. The fourth-order valence-corrected chi connectivity index (χ4v) is 2.67. The van der Waals surface area contributed by atoms with Crippen LogP contribution in [-0.2, 0) is 14.3 Å². The summed E-state index contributed by atoms with van der Waals surface area (Å²) in [7, 11) is 0. The molecule has 2 atom stereocenters. The van der Waals surface area contributed by atoms with Gasteiger partial charge in [-0.2, -0.15) is 13.2 Å². The van der Waals surface area contributed by atoms with E-state index in [0.29, 0.717) is 0 Å². The van der Waals surface area contributed by atoms with E-state index in [1.807, 2.05) is 5.32 Å². The van der Waals surface area contributed by atoms with E-state index in [1.165, 1.54) is 25.4 Å². The van der Waals surface area contributed by atoms with E-state index < -0.39 is 29.5 Å². The number of nitrogens with one attached hydrogen (secondary N) is 1. The van der Waals surface area contributed by atoms with Crippen molar-refractivity contribution in [2.24, 2.45) is 10.9 Å². The molecule has 0 spiro atoms. The first kappa shape index (κ1) is 16.4. The van der Waals surface area contributed by atoms with Crippen LogP contribution in [0.5, 0.6) is 0 Å². The number of anilines is 1. The molecule has 0 unspecified atom stereocenters. The second-order valence-corrected chi connectivity index (χ2v) is 5.37. The number of Topliss-reactive ketones (excluding diaryl/α,β-unsaturated/α-hetero) is 1. The number of hydrogen-bond acceptors (Lipinski definition) is 7. The van der Waals surface area contributed by atoms with Crippen LogP contribution in [0.3, 0.4) is 0 Å². The molecule has 0 aromatic carbocycles. The normalized spacial score (nSPS) is 25.0. The van der Waals surface area contributed by atoms with Gasteiger partial charge in [0.05, 0.1) is 6.61 Å². The minimum absolute atomic E-state index is 0.0468. The van der Waals surface area contributed by atoms with Gasteiger partial charge in [-0.1, -0.05) is 0 Å². The van der Waals surface area contributed by atoms with Crippen LogP contribution in [-0.4, -0.2) is 40.9 Å². The van der Waals surface area contributed by atoms with Crippen LogP contribution in [0.2, 0.25) is 0 Å². The van der Waals surface area contributed by atoms with Crippen molar-refractivity contribution in [3.63, 3.8) is 0 Å². The second-order valence-electron chi connectivity index (χ2n) is 4.47. The van der Waals surface area contributed by atoms with E-state index in [9.17, 15) is 22.8 Å². The molecule has 1 aromatic heterocycles. The molecule has 0 amide bonds. The number of ketones is 1. The Morgan fingerprint density at radius 2 is 2.23 bits per heavy atom. The molecule has 0 saturated heterocycles. The maximum absolute atomic E-state index is 13.5. The summed E-state index contributed by atoms with van der Waals surface area (Å²) in [4.78, 5) is 31.2. The van der Waals surface area contributed by atoms with E-state index in [0.717, 1.165) is 11.3 Å². The molecule has 0 aliphatic carbocycles. The third kappa shape index (κ3) is 2.58. The summed E-state index contributed by atoms with van der Waals surface area (Å²) in [6.07, 6.45) is -3.74. The van der Waals surface area contributed by atoms with Gasteiger partial charge in [0, 0.05) is 17.3 Å². The van der Waals surface area contributed by atoms with Crippen LogP contribution in [0.25, 0.3) is 0 Å². The maximum atomic E-state index is 13.5. The maximum Gasteiger partial charge on any atom is 0.439 e. The molecule has 0 fully saturated rings. The quantitative estimate of drug-likeness (QED) is 0.673. The number of ether oxygens (including phenoxy) is 1. The van der Waals surface area contributed by atoms with Crippen LogP contribution in [0.4, 0.5) is 18.3 Å². The molecule has 22 heavy (non-hydrogen) atoms. The Hall–Kier alpha value is -1.97. The zero-order chi connectivity index (χ0) is 16.5.